The minimum Gasteiger partial charge on any atom is -0.381 e. The molecular formula is C19H28N2O3S. The Bertz CT molecular complexity index is 529. The van der Waals surface area contributed by atoms with Crippen LogP contribution < -0.4 is 5.32 Å². The monoisotopic (exact) mass is 364 g/mol. The van der Waals surface area contributed by atoms with Gasteiger partial charge in [0.25, 0.3) is 0 Å². The van der Waals surface area contributed by atoms with Crippen molar-refractivity contribution in [2.45, 2.75) is 25.0 Å². The van der Waals surface area contributed by atoms with E-state index >= 15 is 0 Å². The zero-order chi connectivity index (χ0) is 17.4. The van der Waals surface area contributed by atoms with Gasteiger partial charge in [-0.05, 0) is 18.4 Å². The van der Waals surface area contributed by atoms with Crippen LogP contribution in [-0.4, -0.2) is 67.3 Å². The maximum Gasteiger partial charge on any atom is 0.246 e. The average Bonchev–Trinajstić information content (AvgIpc) is 2.69. The largest absolute Gasteiger partial charge is 0.381 e. The van der Waals surface area contributed by atoms with E-state index in [0.717, 1.165) is 44.7 Å². The third-order valence-corrected chi connectivity index (χ3v) is 6.01. The molecule has 138 valence electrons. The summed E-state index contributed by atoms with van der Waals surface area (Å²) in [5, 5.41) is 3.11. The minimum absolute atomic E-state index is 0.0341. The number of hydrogen-bond donors (Lipinski definition) is 1. The molecule has 1 aromatic rings. The molecule has 0 aromatic heterocycles. The lowest BCUT2D eigenvalue weighted by Gasteiger charge is -2.48. The van der Waals surface area contributed by atoms with Crippen LogP contribution in [0.2, 0.25) is 0 Å². The normalized spacial score (nSPS) is 21.0. The molecule has 0 unspecified atom stereocenters. The zero-order valence-corrected chi connectivity index (χ0v) is 15.6. The second-order valence-electron chi connectivity index (χ2n) is 6.69. The van der Waals surface area contributed by atoms with Crippen molar-refractivity contribution in [1.82, 2.24) is 10.2 Å². The predicted molar refractivity (Wildman–Crippen MR) is 101 cm³/mol. The van der Waals surface area contributed by atoms with E-state index in [1.807, 2.05) is 42.1 Å². The van der Waals surface area contributed by atoms with Crippen LogP contribution in [0.5, 0.6) is 0 Å². The number of amides is 1. The molecule has 0 saturated carbocycles. The number of carbonyl (C=O) groups excluding carboxylic acids is 1. The fourth-order valence-electron chi connectivity index (χ4n) is 3.54. The van der Waals surface area contributed by atoms with Crippen molar-refractivity contribution < 1.29 is 14.3 Å². The van der Waals surface area contributed by atoms with Crippen molar-refractivity contribution in [3.8, 4) is 0 Å². The first kappa shape index (κ1) is 18.7. The van der Waals surface area contributed by atoms with Gasteiger partial charge in [-0.25, -0.2) is 0 Å². The Balaban J connectivity index is 1.46. The Morgan fingerprint density at radius 1 is 1.20 bits per heavy atom. The summed E-state index contributed by atoms with van der Waals surface area (Å²) < 4.78 is 11.1. The fourth-order valence-corrected chi connectivity index (χ4v) is 4.45. The number of nitrogens with one attached hydrogen (secondary N) is 1. The van der Waals surface area contributed by atoms with Crippen molar-refractivity contribution in [2.75, 3.05) is 51.0 Å². The highest BCUT2D eigenvalue weighted by Gasteiger charge is 2.39. The number of thioether (sulfide) groups is 1. The quantitative estimate of drug-likeness (QED) is 0.801. The molecule has 0 radical (unpaired) electrons. The number of hydrogen-bond acceptors (Lipinski definition) is 5. The summed E-state index contributed by atoms with van der Waals surface area (Å²) in [6.07, 6.45) is 1.98. The molecule has 1 amide bonds. The molecule has 2 heterocycles. The molecule has 2 aliphatic heterocycles. The Morgan fingerprint density at radius 2 is 1.92 bits per heavy atom. The molecular weight excluding hydrogens is 336 g/mol. The maximum absolute atomic E-state index is 12.2. The first-order chi connectivity index (χ1) is 12.3. The van der Waals surface area contributed by atoms with Gasteiger partial charge in [0.1, 0.15) is 6.61 Å². The van der Waals surface area contributed by atoms with Crippen molar-refractivity contribution in [1.29, 1.82) is 0 Å². The minimum atomic E-state index is -0.0341. The van der Waals surface area contributed by atoms with E-state index in [0.29, 0.717) is 13.2 Å². The predicted octanol–water partition coefficient (Wildman–Crippen LogP) is 1.92. The van der Waals surface area contributed by atoms with E-state index in [4.69, 9.17) is 9.47 Å². The van der Waals surface area contributed by atoms with Crippen LogP contribution in [0.4, 0.5) is 0 Å². The molecule has 1 aromatic carbocycles. The van der Waals surface area contributed by atoms with Crippen LogP contribution in [0, 0.1) is 0 Å². The highest BCUT2D eigenvalue weighted by molar-refractivity contribution is 7.99. The standard InChI is InChI=1S/C19H28N2O3S/c22-18(15-24-14-17-4-2-1-3-5-17)20-16-19(6-10-23-11-7-19)21-8-12-25-13-9-21/h1-5H,6-16H2,(H,20,22). The van der Waals surface area contributed by atoms with Gasteiger partial charge in [-0.15, -0.1) is 0 Å². The summed E-state index contributed by atoms with van der Waals surface area (Å²) in [5.74, 6) is 2.32. The van der Waals surface area contributed by atoms with Crippen LogP contribution in [0.1, 0.15) is 18.4 Å². The molecule has 1 N–H and O–H groups in total. The molecule has 2 saturated heterocycles. The van der Waals surface area contributed by atoms with Crippen molar-refractivity contribution in [2.24, 2.45) is 0 Å². The van der Waals surface area contributed by atoms with E-state index in [-0.39, 0.29) is 18.1 Å². The summed E-state index contributed by atoms with van der Waals surface area (Å²) in [6.45, 7) is 5.03. The van der Waals surface area contributed by atoms with Crippen LogP contribution in [0.25, 0.3) is 0 Å². The highest BCUT2D eigenvalue weighted by atomic mass is 32.2. The highest BCUT2D eigenvalue weighted by Crippen LogP contribution is 2.29. The second-order valence-corrected chi connectivity index (χ2v) is 7.92. The van der Waals surface area contributed by atoms with Crippen LogP contribution >= 0.6 is 11.8 Å². The van der Waals surface area contributed by atoms with Crippen LogP contribution in [-0.2, 0) is 20.9 Å². The van der Waals surface area contributed by atoms with E-state index < -0.39 is 0 Å². The zero-order valence-electron chi connectivity index (χ0n) is 14.7. The second kappa shape index (κ2) is 9.57. The van der Waals surface area contributed by atoms with Gasteiger partial charge >= 0.3 is 0 Å². The number of rotatable bonds is 7. The molecule has 0 spiro atoms. The molecule has 6 heteroatoms. The van der Waals surface area contributed by atoms with Crippen molar-refractivity contribution in [3.05, 3.63) is 35.9 Å². The summed E-state index contributed by atoms with van der Waals surface area (Å²) in [7, 11) is 0. The van der Waals surface area contributed by atoms with Gasteiger partial charge in [-0.1, -0.05) is 30.3 Å². The van der Waals surface area contributed by atoms with Gasteiger partial charge in [0.05, 0.1) is 6.61 Å². The summed E-state index contributed by atoms with van der Waals surface area (Å²) in [5.41, 5.74) is 1.14. The Hall–Kier alpha value is -1.08. The first-order valence-electron chi connectivity index (χ1n) is 9.07. The maximum atomic E-state index is 12.2. The Morgan fingerprint density at radius 3 is 2.64 bits per heavy atom. The van der Waals surface area contributed by atoms with Crippen molar-refractivity contribution >= 4 is 17.7 Å². The van der Waals surface area contributed by atoms with Gasteiger partial charge in [-0.3, -0.25) is 9.69 Å². The Labute approximate surface area is 154 Å². The van der Waals surface area contributed by atoms with Gasteiger partial charge < -0.3 is 14.8 Å². The van der Waals surface area contributed by atoms with E-state index in [1.165, 1.54) is 11.5 Å². The number of carbonyl (C=O) groups is 1. The first-order valence-corrected chi connectivity index (χ1v) is 10.2. The lowest BCUT2D eigenvalue weighted by atomic mass is 9.87. The van der Waals surface area contributed by atoms with Crippen LogP contribution in [0.3, 0.4) is 0 Å². The van der Waals surface area contributed by atoms with Crippen molar-refractivity contribution in [3.63, 3.8) is 0 Å². The average molecular weight is 365 g/mol. The van der Waals surface area contributed by atoms with Gasteiger partial charge in [0.15, 0.2) is 0 Å². The molecule has 3 rings (SSSR count). The molecule has 0 bridgehead atoms. The number of ether oxygens (including phenoxy) is 2. The van der Waals surface area contributed by atoms with E-state index in [1.54, 1.807) is 0 Å². The van der Waals surface area contributed by atoms with Gasteiger partial charge in [0.2, 0.25) is 5.91 Å². The third-order valence-electron chi connectivity index (χ3n) is 5.06. The summed E-state index contributed by atoms with van der Waals surface area (Å²) in [4.78, 5) is 14.8. The fraction of sp³-hybridized carbons (Fsp3) is 0.632. The number of nitrogens with zero attached hydrogens (tertiary/aromatic N) is 1. The third kappa shape index (κ3) is 5.45. The molecule has 2 aliphatic rings. The van der Waals surface area contributed by atoms with Gasteiger partial charge in [-0.2, -0.15) is 11.8 Å². The smallest absolute Gasteiger partial charge is 0.246 e. The Kier molecular flexibility index (Phi) is 7.16. The van der Waals surface area contributed by atoms with E-state index in [9.17, 15) is 4.79 Å². The van der Waals surface area contributed by atoms with E-state index in [2.05, 4.69) is 10.2 Å². The number of benzene rings is 1. The molecule has 0 atom stereocenters. The molecule has 2 fully saturated rings. The topological polar surface area (TPSA) is 50.8 Å². The molecule has 5 nitrogen and oxygen atoms in total. The molecule has 25 heavy (non-hydrogen) atoms. The SMILES string of the molecule is O=C(COCc1ccccc1)NCC1(N2CCSCC2)CCOCC1. The summed E-state index contributed by atoms with van der Waals surface area (Å²) >= 11 is 2.01. The molecule has 0 aliphatic carbocycles. The summed E-state index contributed by atoms with van der Waals surface area (Å²) in [6, 6.07) is 9.93. The van der Waals surface area contributed by atoms with Crippen LogP contribution in [0.15, 0.2) is 30.3 Å². The lowest BCUT2D eigenvalue weighted by Crippen LogP contribution is -2.60. The van der Waals surface area contributed by atoms with Gasteiger partial charge in [0, 0.05) is 49.9 Å². The lowest BCUT2D eigenvalue weighted by molar-refractivity contribution is -0.127.